The molecule has 1 atom stereocenters. The molecule has 34 heavy (non-hydrogen) atoms. The molecule has 0 amide bonds. The number of para-hydroxylation sites is 1. The summed E-state index contributed by atoms with van der Waals surface area (Å²) in [6.45, 7) is 9.45. The molecule has 1 aromatic carbocycles. The van der Waals surface area contributed by atoms with Crippen molar-refractivity contribution in [1.82, 2.24) is 14.4 Å². The number of nitriles is 1. The second-order valence-electron chi connectivity index (χ2n) is 9.56. The zero-order valence-corrected chi connectivity index (χ0v) is 19.8. The van der Waals surface area contributed by atoms with Gasteiger partial charge in [0.15, 0.2) is 17.0 Å². The van der Waals surface area contributed by atoms with Crippen LogP contribution in [0.3, 0.4) is 0 Å². The molecule has 0 saturated carbocycles. The summed E-state index contributed by atoms with van der Waals surface area (Å²) in [7, 11) is 0. The highest BCUT2D eigenvalue weighted by molar-refractivity contribution is 5.94. The molecular formula is C25H28N6O3. The Bertz CT molecular complexity index is 1360. The van der Waals surface area contributed by atoms with E-state index in [0.29, 0.717) is 41.6 Å². The highest BCUT2D eigenvalue weighted by Gasteiger charge is 2.29. The normalized spacial score (nSPS) is 16.1. The lowest BCUT2D eigenvalue weighted by molar-refractivity contribution is 0.0698. The fourth-order valence-corrected chi connectivity index (χ4v) is 4.32. The first-order chi connectivity index (χ1) is 16.1. The first-order valence-electron chi connectivity index (χ1n) is 11.3. The number of piperidine rings is 1. The largest absolute Gasteiger partial charge is 0.478 e. The number of carboxylic acids is 1. The van der Waals surface area contributed by atoms with Crippen LogP contribution in [0.2, 0.25) is 0 Å². The van der Waals surface area contributed by atoms with E-state index in [-0.39, 0.29) is 16.5 Å². The lowest BCUT2D eigenvalue weighted by Crippen LogP contribution is -2.39. The fraction of sp³-hybridized carbons (Fsp3) is 0.400. The lowest BCUT2D eigenvalue weighted by Gasteiger charge is -2.37. The van der Waals surface area contributed by atoms with Crippen molar-refractivity contribution in [3.05, 3.63) is 63.3 Å². The van der Waals surface area contributed by atoms with Gasteiger partial charge >= 0.3 is 5.97 Å². The molecule has 1 saturated heterocycles. The summed E-state index contributed by atoms with van der Waals surface area (Å²) in [6.07, 6.45) is 3.44. The van der Waals surface area contributed by atoms with E-state index in [1.807, 2.05) is 11.8 Å². The maximum absolute atomic E-state index is 13.3. The number of benzene rings is 1. The summed E-state index contributed by atoms with van der Waals surface area (Å²) >= 11 is 0. The topological polar surface area (TPSA) is 124 Å². The first-order valence-corrected chi connectivity index (χ1v) is 11.3. The molecule has 2 N–H and O–H groups in total. The third-order valence-corrected chi connectivity index (χ3v) is 6.41. The quantitative estimate of drug-likeness (QED) is 0.590. The average molecular weight is 461 g/mol. The number of aromatic carboxylic acids is 1. The number of carboxylic acid groups (broad SMARTS) is 1. The van der Waals surface area contributed by atoms with E-state index >= 15 is 0 Å². The SMILES string of the molecule is Cc1cn2c(=O)c(C#N)c(N3CCC(C)(C)CC3)nc2c([C@@H](C)Nc2ccccc2C(=O)O)n1. The molecule has 1 aliphatic heterocycles. The van der Waals surface area contributed by atoms with E-state index in [1.54, 1.807) is 31.3 Å². The van der Waals surface area contributed by atoms with Gasteiger partial charge in [-0.3, -0.25) is 14.2 Å². The number of fused-ring (bicyclic) bond motifs is 1. The van der Waals surface area contributed by atoms with Crippen LogP contribution in [-0.2, 0) is 0 Å². The van der Waals surface area contributed by atoms with E-state index in [2.05, 4.69) is 30.2 Å². The molecule has 0 spiro atoms. The number of hydrogen-bond donors (Lipinski definition) is 2. The Morgan fingerprint density at radius 3 is 2.56 bits per heavy atom. The standard InChI is InChI=1S/C25H28N6O3/c1-15-14-31-22(20(27-15)16(2)28-19-8-6-5-7-17(19)24(33)34)29-21(18(13-26)23(31)32)30-11-9-25(3,4)10-12-30/h5-8,14,16,28H,9-12H2,1-4H3,(H,33,34)/t16-/m1/s1. The van der Waals surface area contributed by atoms with E-state index < -0.39 is 17.6 Å². The first kappa shape index (κ1) is 23.2. The predicted octanol–water partition coefficient (Wildman–Crippen LogP) is 3.77. The van der Waals surface area contributed by atoms with Gasteiger partial charge in [-0.1, -0.05) is 26.0 Å². The highest BCUT2D eigenvalue weighted by atomic mass is 16.4. The van der Waals surface area contributed by atoms with Crippen LogP contribution < -0.4 is 15.8 Å². The fourth-order valence-electron chi connectivity index (χ4n) is 4.32. The second-order valence-corrected chi connectivity index (χ2v) is 9.56. The van der Waals surface area contributed by atoms with Gasteiger partial charge in [-0.25, -0.2) is 9.78 Å². The van der Waals surface area contributed by atoms with Crippen molar-refractivity contribution in [1.29, 1.82) is 5.26 Å². The van der Waals surface area contributed by atoms with Gasteiger partial charge in [-0.05, 0) is 44.2 Å². The van der Waals surface area contributed by atoms with Gasteiger partial charge in [0.05, 0.1) is 17.3 Å². The average Bonchev–Trinajstić information content (AvgIpc) is 2.79. The Morgan fingerprint density at radius 2 is 1.91 bits per heavy atom. The van der Waals surface area contributed by atoms with Crippen molar-refractivity contribution in [2.24, 2.45) is 5.41 Å². The van der Waals surface area contributed by atoms with Crippen LogP contribution in [-0.4, -0.2) is 38.5 Å². The number of aromatic nitrogens is 3. The monoisotopic (exact) mass is 460 g/mol. The molecule has 3 aromatic rings. The molecule has 0 unspecified atom stereocenters. The van der Waals surface area contributed by atoms with Crippen molar-refractivity contribution in [3.8, 4) is 6.07 Å². The summed E-state index contributed by atoms with van der Waals surface area (Å²) in [5.74, 6) is -0.659. The summed E-state index contributed by atoms with van der Waals surface area (Å²) in [5, 5.41) is 22.5. The molecule has 1 fully saturated rings. The maximum atomic E-state index is 13.3. The number of aryl methyl sites for hydroxylation is 1. The van der Waals surface area contributed by atoms with Crippen LogP contribution in [0.4, 0.5) is 11.5 Å². The molecule has 0 bridgehead atoms. The molecule has 9 nitrogen and oxygen atoms in total. The van der Waals surface area contributed by atoms with Crippen LogP contribution in [0.15, 0.2) is 35.3 Å². The molecule has 0 aliphatic carbocycles. The van der Waals surface area contributed by atoms with Crippen molar-refractivity contribution >= 4 is 23.1 Å². The molecule has 9 heteroatoms. The van der Waals surface area contributed by atoms with Gasteiger partial charge in [0.1, 0.15) is 11.8 Å². The number of anilines is 2. The van der Waals surface area contributed by atoms with Gasteiger partial charge in [0, 0.05) is 25.0 Å². The van der Waals surface area contributed by atoms with Crippen molar-refractivity contribution in [3.63, 3.8) is 0 Å². The smallest absolute Gasteiger partial charge is 0.337 e. The molecule has 2 aromatic heterocycles. The van der Waals surface area contributed by atoms with Gasteiger partial charge < -0.3 is 15.3 Å². The third kappa shape index (κ3) is 4.31. The van der Waals surface area contributed by atoms with Crippen LogP contribution in [0.5, 0.6) is 0 Å². The van der Waals surface area contributed by atoms with E-state index in [9.17, 15) is 20.0 Å². The molecule has 1 aliphatic rings. The zero-order valence-electron chi connectivity index (χ0n) is 19.8. The summed E-state index contributed by atoms with van der Waals surface area (Å²) in [6, 6.07) is 8.23. The minimum absolute atomic E-state index is 0.0191. The molecular weight excluding hydrogens is 432 g/mol. The van der Waals surface area contributed by atoms with Gasteiger partial charge in [-0.2, -0.15) is 5.26 Å². The summed E-state index contributed by atoms with van der Waals surface area (Å²) in [5.41, 5.74) is 1.81. The molecule has 3 heterocycles. The lowest BCUT2D eigenvalue weighted by atomic mass is 9.82. The Balaban J connectivity index is 1.83. The van der Waals surface area contributed by atoms with Crippen molar-refractivity contribution < 1.29 is 9.90 Å². The van der Waals surface area contributed by atoms with Crippen LogP contribution in [0.1, 0.15) is 67.0 Å². The van der Waals surface area contributed by atoms with Gasteiger partial charge in [0.25, 0.3) is 5.56 Å². The van der Waals surface area contributed by atoms with E-state index in [4.69, 9.17) is 4.98 Å². The van der Waals surface area contributed by atoms with Crippen molar-refractivity contribution in [2.75, 3.05) is 23.3 Å². The zero-order chi connectivity index (χ0) is 24.6. The number of carbonyl (C=O) groups is 1. The highest BCUT2D eigenvalue weighted by Crippen LogP contribution is 2.33. The Hall–Kier alpha value is -3.93. The Kier molecular flexibility index (Phi) is 6.00. The van der Waals surface area contributed by atoms with Crippen LogP contribution in [0, 0.1) is 23.7 Å². The molecule has 176 valence electrons. The van der Waals surface area contributed by atoms with Crippen LogP contribution in [0.25, 0.3) is 5.65 Å². The third-order valence-electron chi connectivity index (χ3n) is 6.41. The van der Waals surface area contributed by atoms with Gasteiger partial charge in [-0.15, -0.1) is 0 Å². The Morgan fingerprint density at radius 1 is 1.24 bits per heavy atom. The van der Waals surface area contributed by atoms with Gasteiger partial charge in [0.2, 0.25) is 0 Å². The second kappa shape index (κ2) is 8.78. The molecule has 4 rings (SSSR count). The van der Waals surface area contributed by atoms with E-state index in [1.165, 1.54) is 10.5 Å². The summed E-state index contributed by atoms with van der Waals surface area (Å²) in [4.78, 5) is 36.4. The number of nitrogens with zero attached hydrogens (tertiary/aromatic N) is 5. The Labute approximate surface area is 197 Å². The van der Waals surface area contributed by atoms with Crippen LogP contribution >= 0.6 is 0 Å². The minimum Gasteiger partial charge on any atom is -0.478 e. The predicted molar refractivity (Wildman–Crippen MR) is 129 cm³/mol. The number of rotatable bonds is 5. The van der Waals surface area contributed by atoms with Crippen molar-refractivity contribution in [2.45, 2.75) is 46.6 Å². The van der Waals surface area contributed by atoms with E-state index in [0.717, 1.165) is 12.8 Å². The molecule has 0 radical (unpaired) electrons. The maximum Gasteiger partial charge on any atom is 0.337 e. The summed E-state index contributed by atoms with van der Waals surface area (Å²) < 4.78 is 1.37. The minimum atomic E-state index is -1.04. The number of nitrogens with one attached hydrogen (secondary N) is 1. The number of hydrogen-bond acceptors (Lipinski definition) is 7.